The lowest BCUT2D eigenvalue weighted by molar-refractivity contribution is -0.144. The predicted octanol–water partition coefficient (Wildman–Crippen LogP) is 0.806. The molecule has 0 saturated carbocycles. The highest BCUT2D eigenvalue weighted by atomic mass is 127. The fraction of sp³-hybridized carbons (Fsp3) is 0.600. The lowest BCUT2D eigenvalue weighted by Crippen LogP contribution is -2.25. The maximum atomic E-state index is 11.5. The minimum Gasteiger partial charge on any atom is -0.465 e. The largest absolute Gasteiger partial charge is 0.465 e. The maximum absolute atomic E-state index is 11.5. The van der Waals surface area contributed by atoms with Crippen LogP contribution in [0.1, 0.15) is 24.4 Å². The molecule has 16 heavy (non-hydrogen) atoms. The molecule has 2 N–H and O–H groups in total. The van der Waals surface area contributed by atoms with Crippen LogP contribution in [0.25, 0.3) is 0 Å². The zero-order valence-corrected chi connectivity index (χ0v) is 11.2. The number of rotatable bonds is 3. The number of alkyl halides is 1. The number of carbonyl (C=O) groups excluding carboxylic acids is 1. The summed E-state index contributed by atoms with van der Waals surface area (Å²) in [5.41, 5.74) is 7.57. The van der Waals surface area contributed by atoms with E-state index in [1.54, 1.807) is 13.3 Å². The van der Waals surface area contributed by atoms with Crippen LogP contribution in [0.4, 0.5) is 0 Å². The molecule has 6 heteroatoms. The summed E-state index contributed by atoms with van der Waals surface area (Å²) in [4.78, 5) is 15.7. The lowest BCUT2D eigenvalue weighted by atomic mass is 10.1. The Morgan fingerprint density at radius 1 is 1.88 bits per heavy atom. The van der Waals surface area contributed by atoms with Gasteiger partial charge in [-0.1, -0.05) is 22.6 Å². The fourth-order valence-electron chi connectivity index (χ4n) is 1.89. The monoisotopic (exact) mass is 335 g/mol. The van der Waals surface area contributed by atoms with Gasteiger partial charge in [-0.25, -0.2) is 9.78 Å². The summed E-state index contributed by atoms with van der Waals surface area (Å²) in [5.74, 6) is -0.402. The normalized spacial score (nSPS) is 20.6. The van der Waals surface area contributed by atoms with Crippen molar-refractivity contribution in [1.29, 1.82) is 0 Å². The predicted molar refractivity (Wildman–Crippen MR) is 67.3 cm³/mol. The molecule has 2 atom stereocenters. The van der Waals surface area contributed by atoms with E-state index >= 15 is 0 Å². The molecule has 88 valence electrons. The molecular weight excluding hydrogens is 321 g/mol. The number of hydrogen-bond donors (Lipinski definition) is 1. The van der Waals surface area contributed by atoms with Crippen LogP contribution in [0.5, 0.6) is 0 Å². The van der Waals surface area contributed by atoms with Gasteiger partial charge in [-0.3, -0.25) is 0 Å². The van der Waals surface area contributed by atoms with Gasteiger partial charge in [-0.05, 0) is 6.92 Å². The highest BCUT2D eigenvalue weighted by Crippen LogP contribution is 2.26. The third-order valence-electron chi connectivity index (χ3n) is 2.62. The molecule has 2 heterocycles. The Hall–Kier alpha value is -0.630. The molecule has 1 aliphatic heterocycles. The number of esters is 1. The molecule has 1 unspecified atom stereocenters. The van der Waals surface area contributed by atoms with E-state index in [9.17, 15) is 4.79 Å². The summed E-state index contributed by atoms with van der Waals surface area (Å²) in [6, 6.07) is -0.752. The van der Waals surface area contributed by atoms with E-state index < -0.39 is 12.0 Å². The van der Waals surface area contributed by atoms with Gasteiger partial charge in [0.1, 0.15) is 6.04 Å². The summed E-state index contributed by atoms with van der Waals surface area (Å²) >= 11 is 2.39. The SMILES string of the molecule is CCOC(=O)C(N)c1ncn2c1C[C@@H](I)C2. The second-order valence-electron chi connectivity index (χ2n) is 3.76. The van der Waals surface area contributed by atoms with Crippen LogP contribution in [-0.2, 0) is 22.5 Å². The summed E-state index contributed by atoms with van der Waals surface area (Å²) < 4.78 is 7.52. The van der Waals surface area contributed by atoms with Crippen molar-refractivity contribution in [2.24, 2.45) is 5.73 Å². The van der Waals surface area contributed by atoms with E-state index in [1.165, 1.54) is 0 Å². The van der Waals surface area contributed by atoms with Crippen molar-refractivity contribution in [3.8, 4) is 0 Å². The molecule has 1 aliphatic rings. The molecule has 0 radical (unpaired) electrons. The van der Waals surface area contributed by atoms with Gasteiger partial charge < -0.3 is 15.0 Å². The number of hydrogen-bond acceptors (Lipinski definition) is 4. The molecule has 5 nitrogen and oxygen atoms in total. The average molecular weight is 335 g/mol. The molecule has 0 amide bonds. The zero-order chi connectivity index (χ0) is 11.7. The molecule has 1 aromatic rings. The first kappa shape index (κ1) is 11.8. The van der Waals surface area contributed by atoms with Crippen LogP contribution in [-0.4, -0.2) is 26.1 Å². The molecule has 2 rings (SSSR count). The maximum Gasteiger partial charge on any atom is 0.329 e. The lowest BCUT2D eigenvalue weighted by Gasteiger charge is -2.09. The van der Waals surface area contributed by atoms with E-state index in [0.717, 1.165) is 18.7 Å². The minimum absolute atomic E-state index is 0.345. The molecule has 0 fully saturated rings. The Morgan fingerprint density at radius 2 is 2.62 bits per heavy atom. The van der Waals surface area contributed by atoms with Crippen molar-refractivity contribution in [2.75, 3.05) is 6.61 Å². The number of carbonyl (C=O) groups is 1. The van der Waals surface area contributed by atoms with E-state index in [2.05, 4.69) is 32.1 Å². The molecule has 0 aliphatic carbocycles. The minimum atomic E-state index is -0.752. The van der Waals surface area contributed by atoms with Crippen LogP contribution in [0.3, 0.4) is 0 Å². The quantitative estimate of drug-likeness (QED) is 0.504. The van der Waals surface area contributed by atoms with Gasteiger partial charge in [-0.2, -0.15) is 0 Å². The van der Waals surface area contributed by atoms with E-state index in [4.69, 9.17) is 10.5 Å². The first-order valence-electron chi connectivity index (χ1n) is 5.23. The number of halogens is 1. The molecular formula is C10H14IN3O2. The zero-order valence-electron chi connectivity index (χ0n) is 9.02. The van der Waals surface area contributed by atoms with Crippen LogP contribution in [0.2, 0.25) is 0 Å². The second-order valence-corrected chi connectivity index (χ2v) is 5.52. The number of fused-ring (bicyclic) bond motifs is 1. The Balaban J connectivity index is 2.19. The smallest absolute Gasteiger partial charge is 0.329 e. The molecule has 0 spiro atoms. The first-order valence-corrected chi connectivity index (χ1v) is 6.48. The number of aromatic nitrogens is 2. The summed E-state index contributed by atoms with van der Waals surface area (Å²) in [7, 11) is 0. The Morgan fingerprint density at radius 3 is 3.31 bits per heavy atom. The van der Waals surface area contributed by atoms with Gasteiger partial charge in [-0.15, -0.1) is 0 Å². The molecule has 0 saturated heterocycles. The third-order valence-corrected chi connectivity index (χ3v) is 3.46. The fourth-order valence-corrected chi connectivity index (χ4v) is 2.74. The number of nitrogens with zero attached hydrogens (tertiary/aromatic N) is 2. The highest BCUT2D eigenvalue weighted by Gasteiger charge is 2.29. The molecule has 0 aromatic carbocycles. The standard InChI is InChI=1S/C10H14IN3O2/c1-2-16-10(15)8(12)9-7-3-6(11)4-14(7)5-13-9/h5-6,8H,2-4,12H2,1H3/t6-,8?/m1/s1. The van der Waals surface area contributed by atoms with Crippen molar-refractivity contribution in [3.05, 3.63) is 17.7 Å². The Labute approximate surface area is 107 Å². The van der Waals surface area contributed by atoms with Crippen LogP contribution in [0.15, 0.2) is 6.33 Å². The van der Waals surface area contributed by atoms with Gasteiger partial charge >= 0.3 is 5.97 Å². The average Bonchev–Trinajstić information content (AvgIpc) is 2.75. The van der Waals surface area contributed by atoms with Crippen molar-refractivity contribution in [2.45, 2.75) is 29.9 Å². The van der Waals surface area contributed by atoms with Crippen molar-refractivity contribution in [1.82, 2.24) is 9.55 Å². The van der Waals surface area contributed by atoms with Gasteiger partial charge in [0.05, 0.1) is 18.6 Å². The van der Waals surface area contributed by atoms with E-state index in [-0.39, 0.29) is 0 Å². The first-order chi connectivity index (χ1) is 7.63. The van der Waals surface area contributed by atoms with E-state index in [1.807, 2.05) is 0 Å². The second kappa shape index (κ2) is 4.70. The van der Waals surface area contributed by atoms with E-state index in [0.29, 0.717) is 16.2 Å². The van der Waals surface area contributed by atoms with Crippen molar-refractivity contribution in [3.63, 3.8) is 0 Å². The Kier molecular flexibility index (Phi) is 3.48. The van der Waals surface area contributed by atoms with Gasteiger partial charge in [0, 0.05) is 22.6 Å². The van der Waals surface area contributed by atoms with Crippen molar-refractivity contribution >= 4 is 28.6 Å². The van der Waals surface area contributed by atoms with Crippen molar-refractivity contribution < 1.29 is 9.53 Å². The van der Waals surface area contributed by atoms with Gasteiger partial charge in [0.25, 0.3) is 0 Å². The van der Waals surface area contributed by atoms with Crippen LogP contribution in [0, 0.1) is 0 Å². The van der Waals surface area contributed by atoms with Crippen LogP contribution < -0.4 is 5.73 Å². The summed E-state index contributed by atoms with van der Waals surface area (Å²) in [6.07, 6.45) is 2.67. The molecule has 0 bridgehead atoms. The van der Waals surface area contributed by atoms with Gasteiger partial charge in [0.15, 0.2) is 0 Å². The summed E-state index contributed by atoms with van der Waals surface area (Å²) in [6.45, 7) is 3.05. The number of imidazole rings is 1. The highest BCUT2D eigenvalue weighted by molar-refractivity contribution is 14.1. The number of ether oxygens (including phenoxy) is 1. The third kappa shape index (κ3) is 2.08. The summed E-state index contributed by atoms with van der Waals surface area (Å²) in [5, 5.41) is 0. The molecule has 1 aromatic heterocycles. The topological polar surface area (TPSA) is 70.1 Å². The van der Waals surface area contributed by atoms with Crippen LogP contribution >= 0.6 is 22.6 Å². The number of nitrogens with two attached hydrogens (primary N) is 1. The Bertz CT molecular complexity index is 405. The van der Waals surface area contributed by atoms with Gasteiger partial charge in [0.2, 0.25) is 0 Å².